The number of phenolic OH excluding ortho intramolecular Hbond substituents is 1. The molecule has 5 aromatic rings. The van der Waals surface area contributed by atoms with E-state index < -0.39 is 5.97 Å². The number of hydrogen-bond acceptors (Lipinski definition) is 8. The number of carbonyl (C=O) groups is 2. The molecule has 0 aliphatic heterocycles. The standard InChI is InChI=1S/C28H24N4O6/c1-3-37-28(35)24-11-8-18(38-24)15-30-26(34)17-6-9-21-22(14-17)32-25(31-21)20-13-16(7-10-23(20)33)19-5-4-12-29-27(19)36-2/h4-14,33H,3,15H2,1-2H3,(H,30,34)(H,31,32). The maximum absolute atomic E-state index is 12.8. The van der Waals surface area contributed by atoms with E-state index in [4.69, 9.17) is 13.9 Å². The third-order valence-corrected chi connectivity index (χ3v) is 5.83. The van der Waals surface area contributed by atoms with E-state index in [1.807, 2.05) is 12.1 Å². The fraction of sp³-hybridized carbons (Fsp3) is 0.143. The highest BCUT2D eigenvalue weighted by Crippen LogP contribution is 2.35. The predicted molar refractivity (Wildman–Crippen MR) is 139 cm³/mol. The van der Waals surface area contributed by atoms with Gasteiger partial charge < -0.3 is 29.3 Å². The van der Waals surface area contributed by atoms with Crippen molar-refractivity contribution in [3.05, 3.63) is 83.9 Å². The molecule has 0 radical (unpaired) electrons. The van der Waals surface area contributed by atoms with Crippen molar-refractivity contribution in [1.82, 2.24) is 20.3 Å². The molecule has 10 heteroatoms. The lowest BCUT2D eigenvalue weighted by Crippen LogP contribution is -2.22. The third-order valence-electron chi connectivity index (χ3n) is 5.83. The molecule has 0 bridgehead atoms. The quantitative estimate of drug-likeness (QED) is 0.254. The van der Waals surface area contributed by atoms with Gasteiger partial charge in [0.05, 0.1) is 36.9 Å². The number of aromatic hydroxyl groups is 1. The van der Waals surface area contributed by atoms with Gasteiger partial charge in [0, 0.05) is 17.3 Å². The largest absolute Gasteiger partial charge is 0.507 e. The number of pyridine rings is 1. The Hall–Kier alpha value is -5.12. The number of nitrogens with zero attached hydrogens (tertiary/aromatic N) is 2. The van der Waals surface area contributed by atoms with Gasteiger partial charge in [-0.15, -0.1) is 0 Å². The van der Waals surface area contributed by atoms with Crippen molar-refractivity contribution in [3.63, 3.8) is 0 Å². The lowest BCUT2D eigenvalue weighted by molar-refractivity contribution is 0.0488. The Morgan fingerprint density at radius 2 is 1.95 bits per heavy atom. The minimum Gasteiger partial charge on any atom is -0.507 e. The molecule has 3 N–H and O–H groups in total. The third kappa shape index (κ3) is 4.92. The molecule has 0 saturated carbocycles. The van der Waals surface area contributed by atoms with E-state index in [1.165, 1.54) is 6.07 Å². The van der Waals surface area contributed by atoms with Gasteiger partial charge in [-0.1, -0.05) is 6.07 Å². The predicted octanol–water partition coefficient (Wildman–Crippen LogP) is 4.71. The average Bonchev–Trinajstić information content (AvgIpc) is 3.59. The van der Waals surface area contributed by atoms with E-state index in [2.05, 4.69) is 20.3 Å². The number of aromatic amines is 1. The molecule has 0 aliphatic rings. The smallest absolute Gasteiger partial charge is 0.374 e. The van der Waals surface area contributed by atoms with Crippen LogP contribution in [0, 0.1) is 0 Å². The Kier molecular flexibility index (Phi) is 6.77. The van der Waals surface area contributed by atoms with E-state index >= 15 is 0 Å². The number of rotatable bonds is 8. The SMILES string of the molecule is CCOC(=O)c1ccc(CNC(=O)c2ccc3nc(-c4cc(-c5cccnc5OC)ccc4O)[nH]c3c2)o1. The van der Waals surface area contributed by atoms with Crippen LogP contribution >= 0.6 is 0 Å². The van der Waals surface area contributed by atoms with Crippen LogP contribution < -0.4 is 10.1 Å². The topological polar surface area (TPSA) is 140 Å². The maximum Gasteiger partial charge on any atom is 0.374 e. The van der Waals surface area contributed by atoms with Crippen molar-refractivity contribution >= 4 is 22.9 Å². The van der Waals surface area contributed by atoms with Crippen LogP contribution in [0.5, 0.6) is 11.6 Å². The first-order valence-corrected chi connectivity index (χ1v) is 11.8. The molecule has 0 saturated heterocycles. The van der Waals surface area contributed by atoms with Crippen molar-refractivity contribution in [2.75, 3.05) is 13.7 Å². The second-order valence-electron chi connectivity index (χ2n) is 8.28. The zero-order valence-electron chi connectivity index (χ0n) is 20.6. The number of aromatic nitrogens is 3. The number of H-pyrrole nitrogens is 1. The molecule has 0 atom stereocenters. The lowest BCUT2D eigenvalue weighted by Gasteiger charge is -2.09. The van der Waals surface area contributed by atoms with Crippen molar-refractivity contribution in [2.45, 2.75) is 13.5 Å². The van der Waals surface area contributed by atoms with Crippen molar-refractivity contribution in [1.29, 1.82) is 0 Å². The van der Waals surface area contributed by atoms with E-state index in [0.29, 0.717) is 39.6 Å². The highest BCUT2D eigenvalue weighted by molar-refractivity contribution is 5.97. The monoisotopic (exact) mass is 512 g/mol. The van der Waals surface area contributed by atoms with Crippen LogP contribution in [0.15, 0.2) is 71.3 Å². The zero-order valence-corrected chi connectivity index (χ0v) is 20.6. The van der Waals surface area contributed by atoms with Gasteiger partial charge in [-0.2, -0.15) is 0 Å². The molecular weight excluding hydrogens is 488 g/mol. The fourth-order valence-corrected chi connectivity index (χ4v) is 4.00. The second kappa shape index (κ2) is 10.5. The molecular formula is C28H24N4O6. The molecule has 0 fully saturated rings. The Morgan fingerprint density at radius 1 is 1.08 bits per heavy atom. The minimum absolute atomic E-state index is 0.0502. The van der Waals surface area contributed by atoms with Crippen molar-refractivity contribution < 1.29 is 28.6 Å². The first-order valence-electron chi connectivity index (χ1n) is 11.8. The van der Waals surface area contributed by atoms with Gasteiger partial charge in [0.1, 0.15) is 17.3 Å². The number of methoxy groups -OCH3 is 1. The van der Waals surface area contributed by atoms with Gasteiger partial charge in [0.2, 0.25) is 11.6 Å². The molecule has 38 heavy (non-hydrogen) atoms. The van der Waals surface area contributed by atoms with Crippen LogP contribution in [0.2, 0.25) is 0 Å². The summed E-state index contributed by atoms with van der Waals surface area (Å²) in [6.07, 6.45) is 1.64. The van der Waals surface area contributed by atoms with E-state index in [9.17, 15) is 14.7 Å². The number of fused-ring (bicyclic) bond motifs is 1. The number of carbonyl (C=O) groups excluding carboxylic acids is 2. The molecule has 0 spiro atoms. The number of nitrogens with one attached hydrogen (secondary N) is 2. The van der Waals surface area contributed by atoms with Crippen LogP contribution in [-0.4, -0.2) is 45.7 Å². The summed E-state index contributed by atoms with van der Waals surface area (Å²) in [6.45, 7) is 2.05. The van der Waals surface area contributed by atoms with Crippen LogP contribution in [0.1, 0.15) is 33.6 Å². The van der Waals surface area contributed by atoms with Gasteiger partial charge >= 0.3 is 5.97 Å². The number of benzene rings is 2. The van der Waals surface area contributed by atoms with Gasteiger partial charge in [-0.05, 0) is 67.1 Å². The van der Waals surface area contributed by atoms with Gasteiger partial charge in [0.25, 0.3) is 5.91 Å². The fourth-order valence-electron chi connectivity index (χ4n) is 4.00. The number of ether oxygens (including phenoxy) is 2. The molecule has 0 aliphatic carbocycles. The normalized spacial score (nSPS) is 10.9. The highest BCUT2D eigenvalue weighted by atomic mass is 16.5. The molecule has 5 rings (SSSR count). The Morgan fingerprint density at radius 3 is 2.76 bits per heavy atom. The minimum atomic E-state index is -0.554. The summed E-state index contributed by atoms with van der Waals surface area (Å²) in [7, 11) is 1.55. The van der Waals surface area contributed by atoms with Crippen molar-refractivity contribution in [3.8, 4) is 34.1 Å². The summed E-state index contributed by atoms with van der Waals surface area (Å²) in [5.41, 5.74) is 3.72. The first kappa shape index (κ1) is 24.6. The number of esters is 1. The Balaban J connectivity index is 1.36. The van der Waals surface area contributed by atoms with Crippen LogP contribution in [0.25, 0.3) is 33.5 Å². The van der Waals surface area contributed by atoms with E-state index in [0.717, 1.165) is 11.1 Å². The molecule has 1 amide bonds. The molecule has 3 heterocycles. The zero-order chi connectivity index (χ0) is 26.6. The number of phenols is 1. The summed E-state index contributed by atoms with van der Waals surface area (Å²) in [5.74, 6) is 0.586. The second-order valence-corrected chi connectivity index (χ2v) is 8.28. The van der Waals surface area contributed by atoms with E-state index in [1.54, 1.807) is 62.7 Å². The molecule has 10 nitrogen and oxygen atoms in total. The maximum atomic E-state index is 12.8. The molecule has 2 aromatic carbocycles. The number of furan rings is 1. The number of amides is 1. The number of hydrogen-bond donors (Lipinski definition) is 3. The van der Waals surface area contributed by atoms with Gasteiger partial charge in [0.15, 0.2) is 0 Å². The summed E-state index contributed by atoms with van der Waals surface area (Å²) in [5, 5.41) is 13.3. The summed E-state index contributed by atoms with van der Waals surface area (Å²) in [4.78, 5) is 36.5. The van der Waals surface area contributed by atoms with E-state index in [-0.39, 0.29) is 30.6 Å². The average molecular weight is 513 g/mol. The molecule has 0 unspecified atom stereocenters. The van der Waals surface area contributed by atoms with Crippen LogP contribution in [0.3, 0.4) is 0 Å². The molecule has 192 valence electrons. The van der Waals surface area contributed by atoms with Crippen molar-refractivity contribution in [2.24, 2.45) is 0 Å². The number of imidazole rings is 1. The highest BCUT2D eigenvalue weighted by Gasteiger charge is 2.16. The summed E-state index contributed by atoms with van der Waals surface area (Å²) in [6, 6.07) is 17.0. The van der Waals surface area contributed by atoms with Gasteiger partial charge in [-0.3, -0.25) is 4.79 Å². The summed E-state index contributed by atoms with van der Waals surface area (Å²) < 4.78 is 15.7. The van der Waals surface area contributed by atoms with Crippen LogP contribution in [0.4, 0.5) is 0 Å². The lowest BCUT2D eigenvalue weighted by atomic mass is 10.0. The Bertz CT molecular complexity index is 1640. The molecule has 3 aromatic heterocycles. The Labute approximate surface area is 217 Å². The summed E-state index contributed by atoms with van der Waals surface area (Å²) >= 11 is 0. The van der Waals surface area contributed by atoms with Gasteiger partial charge in [-0.25, -0.2) is 14.8 Å². The van der Waals surface area contributed by atoms with Crippen LogP contribution in [-0.2, 0) is 11.3 Å². The first-order chi connectivity index (χ1) is 18.5.